The van der Waals surface area contributed by atoms with Gasteiger partial charge in [-0.3, -0.25) is 4.68 Å². The molecule has 0 saturated heterocycles. The third-order valence-corrected chi connectivity index (χ3v) is 5.26. The summed E-state index contributed by atoms with van der Waals surface area (Å²) in [5.74, 6) is 1.32. The lowest BCUT2D eigenvalue weighted by atomic mass is 10.3. The standard InChI is InChI=1S/C12H16BrClN4S/c1-4-9-11(13)10(18(3)16-9)7-19-12-15-6-8(5-14)17(12)2/h6H,4-5,7H2,1-3H3. The Morgan fingerprint density at radius 3 is 2.68 bits per heavy atom. The fourth-order valence-electron chi connectivity index (χ4n) is 1.79. The third kappa shape index (κ3) is 3.01. The van der Waals surface area contributed by atoms with Crippen LogP contribution >= 0.6 is 39.3 Å². The summed E-state index contributed by atoms with van der Waals surface area (Å²) in [4.78, 5) is 4.38. The second kappa shape index (κ2) is 6.33. The number of hydrogen-bond donors (Lipinski definition) is 0. The van der Waals surface area contributed by atoms with Gasteiger partial charge >= 0.3 is 0 Å². The maximum absolute atomic E-state index is 5.84. The van der Waals surface area contributed by atoms with E-state index >= 15 is 0 Å². The molecule has 0 atom stereocenters. The number of rotatable bonds is 5. The SMILES string of the molecule is CCc1nn(C)c(CSc2ncc(CCl)n2C)c1Br. The summed E-state index contributed by atoms with van der Waals surface area (Å²) in [6.45, 7) is 2.11. The van der Waals surface area contributed by atoms with Crippen molar-refractivity contribution < 1.29 is 0 Å². The molecule has 0 radical (unpaired) electrons. The first-order chi connectivity index (χ1) is 9.08. The molecule has 4 nitrogen and oxygen atoms in total. The van der Waals surface area contributed by atoms with Gasteiger partial charge < -0.3 is 4.57 Å². The molecule has 2 rings (SSSR count). The van der Waals surface area contributed by atoms with Crippen molar-refractivity contribution >= 4 is 39.3 Å². The number of thioether (sulfide) groups is 1. The predicted octanol–water partition coefficient (Wildman–Crippen LogP) is 3.51. The first kappa shape index (κ1) is 14.9. The van der Waals surface area contributed by atoms with Crippen LogP contribution in [0.2, 0.25) is 0 Å². The Hall–Kier alpha value is -0.460. The van der Waals surface area contributed by atoms with Crippen LogP contribution in [-0.4, -0.2) is 19.3 Å². The quantitative estimate of drug-likeness (QED) is 0.602. The molecule has 2 heterocycles. The van der Waals surface area contributed by atoms with E-state index in [1.54, 1.807) is 11.8 Å². The van der Waals surface area contributed by atoms with Crippen LogP contribution in [0.3, 0.4) is 0 Å². The van der Waals surface area contributed by atoms with E-state index in [2.05, 4.69) is 32.9 Å². The highest BCUT2D eigenvalue weighted by molar-refractivity contribution is 9.10. The highest BCUT2D eigenvalue weighted by Crippen LogP contribution is 2.28. The molecule has 0 aromatic carbocycles. The Balaban J connectivity index is 2.14. The zero-order chi connectivity index (χ0) is 14.0. The smallest absolute Gasteiger partial charge is 0.168 e. The van der Waals surface area contributed by atoms with Gasteiger partial charge in [0.25, 0.3) is 0 Å². The van der Waals surface area contributed by atoms with E-state index in [0.717, 1.165) is 33.2 Å². The first-order valence-electron chi connectivity index (χ1n) is 5.98. The van der Waals surface area contributed by atoms with Crippen molar-refractivity contribution in [2.75, 3.05) is 0 Å². The summed E-state index contributed by atoms with van der Waals surface area (Å²) in [6, 6.07) is 0. The van der Waals surface area contributed by atoms with Gasteiger partial charge in [-0.15, -0.1) is 11.6 Å². The maximum Gasteiger partial charge on any atom is 0.168 e. The van der Waals surface area contributed by atoms with Crippen LogP contribution in [-0.2, 0) is 32.1 Å². The molecule has 0 unspecified atom stereocenters. The van der Waals surface area contributed by atoms with Gasteiger partial charge in [0.1, 0.15) is 0 Å². The number of imidazole rings is 1. The summed E-state index contributed by atoms with van der Waals surface area (Å²) >= 11 is 11.2. The lowest BCUT2D eigenvalue weighted by Gasteiger charge is -2.05. The molecule has 0 spiro atoms. The minimum Gasteiger partial charge on any atom is -0.325 e. The summed E-state index contributed by atoms with van der Waals surface area (Å²) in [7, 11) is 3.96. The van der Waals surface area contributed by atoms with Crippen LogP contribution in [0.25, 0.3) is 0 Å². The normalized spacial score (nSPS) is 11.2. The zero-order valence-corrected chi connectivity index (χ0v) is 14.3. The largest absolute Gasteiger partial charge is 0.325 e. The van der Waals surface area contributed by atoms with Crippen molar-refractivity contribution in [3.63, 3.8) is 0 Å². The van der Waals surface area contributed by atoms with Crippen LogP contribution in [0.4, 0.5) is 0 Å². The van der Waals surface area contributed by atoms with Crippen molar-refractivity contribution in [1.82, 2.24) is 19.3 Å². The summed E-state index contributed by atoms with van der Waals surface area (Å²) in [5.41, 5.74) is 3.30. The predicted molar refractivity (Wildman–Crippen MR) is 82.6 cm³/mol. The molecule has 19 heavy (non-hydrogen) atoms. The maximum atomic E-state index is 5.84. The van der Waals surface area contributed by atoms with E-state index in [1.807, 2.05) is 29.5 Å². The van der Waals surface area contributed by atoms with Crippen molar-refractivity contribution in [1.29, 1.82) is 0 Å². The number of halogens is 2. The lowest BCUT2D eigenvalue weighted by Crippen LogP contribution is -1.99. The number of aryl methyl sites for hydroxylation is 2. The average molecular weight is 364 g/mol. The molecule has 0 bridgehead atoms. The topological polar surface area (TPSA) is 35.6 Å². The van der Waals surface area contributed by atoms with E-state index in [9.17, 15) is 0 Å². The van der Waals surface area contributed by atoms with Gasteiger partial charge in [-0.05, 0) is 22.4 Å². The van der Waals surface area contributed by atoms with Crippen LogP contribution in [0.15, 0.2) is 15.8 Å². The Morgan fingerprint density at radius 2 is 2.16 bits per heavy atom. The highest BCUT2D eigenvalue weighted by Gasteiger charge is 2.14. The third-order valence-electron chi connectivity index (χ3n) is 3.02. The molecule has 0 amide bonds. The van der Waals surface area contributed by atoms with Gasteiger partial charge in [0.15, 0.2) is 5.16 Å². The molecular weight excluding hydrogens is 348 g/mol. The minimum atomic E-state index is 0.486. The molecule has 7 heteroatoms. The number of alkyl halides is 1. The minimum absolute atomic E-state index is 0.486. The Kier molecular flexibility index (Phi) is 4.97. The second-order valence-electron chi connectivity index (χ2n) is 4.20. The van der Waals surface area contributed by atoms with Crippen LogP contribution in [0.1, 0.15) is 24.0 Å². The van der Waals surface area contributed by atoms with Crippen molar-refractivity contribution in [2.45, 2.75) is 30.1 Å². The molecule has 0 aliphatic carbocycles. The van der Waals surface area contributed by atoms with Gasteiger partial charge in [0.2, 0.25) is 0 Å². The fourth-order valence-corrected chi connectivity index (χ4v) is 4.02. The molecule has 0 N–H and O–H groups in total. The Bertz CT molecular complexity index is 579. The van der Waals surface area contributed by atoms with Gasteiger partial charge in [-0.25, -0.2) is 4.98 Å². The molecule has 2 aromatic heterocycles. The van der Waals surface area contributed by atoms with E-state index in [1.165, 1.54) is 5.69 Å². The molecule has 0 fully saturated rings. The first-order valence-corrected chi connectivity index (χ1v) is 8.29. The van der Waals surface area contributed by atoms with Crippen LogP contribution < -0.4 is 0 Å². The summed E-state index contributed by atoms with van der Waals surface area (Å²) < 4.78 is 5.07. The molecule has 2 aromatic rings. The van der Waals surface area contributed by atoms with Crippen molar-refractivity contribution in [2.24, 2.45) is 14.1 Å². The van der Waals surface area contributed by atoms with Gasteiger partial charge in [0.05, 0.1) is 33.6 Å². The van der Waals surface area contributed by atoms with Gasteiger partial charge in [0, 0.05) is 19.8 Å². The average Bonchev–Trinajstić information content (AvgIpc) is 2.88. The monoisotopic (exact) mass is 362 g/mol. The summed E-state index contributed by atoms with van der Waals surface area (Å²) in [5, 5.41) is 5.47. The fraction of sp³-hybridized carbons (Fsp3) is 0.500. The molecule has 0 saturated carbocycles. The number of aromatic nitrogens is 4. The highest BCUT2D eigenvalue weighted by atomic mass is 79.9. The van der Waals surface area contributed by atoms with E-state index in [4.69, 9.17) is 11.6 Å². The van der Waals surface area contributed by atoms with E-state index < -0.39 is 0 Å². The lowest BCUT2D eigenvalue weighted by molar-refractivity contribution is 0.717. The van der Waals surface area contributed by atoms with Gasteiger partial charge in [-0.1, -0.05) is 18.7 Å². The Morgan fingerprint density at radius 1 is 1.42 bits per heavy atom. The molecular formula is C12H16BrClN4S. The number of hydrogen-bond acceptors (Lipinski definition) is 3. The van der Waals surface area contributed by atoms with Gasteiger partial charge in [-0.2, -0.15) is 5.10 Å². The zero-order valence-electron chi connectivity index (χ0n) is 11.2. The summed E-state index contributed by atoms with van der Waals surface area (Å²) in [6.07, 6.45) is 2.75. The van der Waals surface area contributed by atoms with Crippen LogP contribution in [0, 0.1) is 0 Å². The number of nitrogens with zero attached hydrogens (tertiary/aromatic N) is 4. The van der Waals surface area contributed by atoms with Crippen molar-refractivity contribution in [3.05, 3.63) is 27.8 Å². The van der Waals surface area contributed by atoms with Crippen molar-refractivity contribution in [3.8, 4) is 0 Å². The molecule has 0 aliphatic heterocycles. The van der Waals surface area contributed by atoms with E-state index in [-0.39, 0.29) is 0 Å². The molecule has 104 valence electrons. The Labute approximate surface area is 130 Å². The van der Waals surface area contributed by atoms with Crippen LogP contribution in [0.5, 0.6) is 0 Å². The second-order valence-corrected chi connectivity index (χ2v) is 6.20. The molecule has 0 aliphatic rings. The van der Waals surface area contributed by atoms with E-state index in [0.29, 0.717) is 5.88 Å².